The third kappa shape index (κ3) is 34.2. The number of rotatable bonds is 36. The fraction of sp³-hybridized carbons (Fsp3) is 0.865. The Morgan fingerprint density at radius 3 is 1.63 bits per heavy atom. The average Bonchev–Trinajstić information content (AvgIpc) is 3.05. The van der Waals surface area contributed by atoms with Crippen LogP contribution in [0.3, 0.4) is 0 Å². The molecule has 2 atom stereocenters. The molecule has 272 valence electrons. The SMILES string of the molecule is CCCCCCC=CCCCCCCCCC=COC(COC(=O)CCCCCCCCCCCCC)COP(=O)(O)OCCN. The van der Waals surface area contributed by atoms with Crippen LogP contribution < -0.4 is 5.73 Å². The van der Waals surface area contributed by atoms with Gasteiger partial charge in [-0.1, -0.05) is 135 Å². The van der Waals surface area contributed by atoms with E-state index in [2.05, 4.69) is 26.0 Å². The number of unbranched alkanes of at least 4 members (excludes halogenated alkanes) is 21. The minimum atomic E-state index is -4.26. The second-order valence-corrected chi connectivity index (χ2v) is 14.0. The smallest absolute Gasteiger partial charge is 0.472 e. The highest BCUT2D eigenvalue weighted by atomic mass is 31.2. The van der Waals surface area contributed by atoms with Crippen LogP contribution in [0.5, 0.6) is 0 Å². The Morgan fingerprint density at radius 2 is 1.11 bits per heavy atom. The van der Waals surface area contributed by atoms with Crippen molar-refractivity contribution in [1.82, 2.24) is 0 Å². The van der Waals surface area contributed by atoms with E-state index >= 15 is 0 Å². The van der Waals surface area contributed by atoms with Gasteiger partial charge in [0.15, 0.2) is 6.10 Å². The molecule has 0 aliphatic rings. The summed E-state index contributed by atoms with van der Waals surface area (Å²) in [7, 11) is -4.26. The van der Waals surface area contributed by atoms with E-state index in [0.29, 0.717) is 6.42 Å². The Balaban J connectivity index is 4.15. The lowest BCUT2D eigenvalue weighted by molar-refractivity contribution is -0.147. The van der Waals surface area contributed by atoms with Gasteiger partial charge in [0.25, 0.3) is 0 Å². The Kier molecular flexibility index (Phi) is 34.2. The van der Waals surface area contributed by atoms with E-state index in [0.717, 1.165) is 32.1 Å². The normalized spacial score (nSPS) is 13.8. The molecule has 0 aliphatic carbocycles. The van der Waals surface area contributed by atoms with E-state index in [-0.39, 0.29) is 32.3 Å². The number of allylic oxidation sites excluding steroid dienone is 3. The molecule has 0 fully saturated rings. The van der Waals surface area contributed by atoms with Crippen molar-refractivity contribution < 1.29 is 32.8 Å². The van der Waals surface area contributed by atoms with Crippen molar-refractivity contribution in [1.29, 1.82) is 0 Å². The summed E-state index contributed by atoms with van der Waals surface area (Å²) < 4.78 is 33.0. The molecule has 0 aromatic heterocycles. The zero-order chi connectivity index (χ0) is 33.8. The second kappa shape index (κ2) is 35.1. The van der Waals surface area contributed by atoms with Gasteiger partial charge in [0.1, 0.15) is 6.61 Å². The van der Waals surface area contributed by atoms with Gasteiger partial charge in [-0.2, -0.15) is 0 Å². The molecule has 0 saturated carbocycles. The summed E-state index contributed by atoms with van der Waals surface area (Å²) in [4.78, 5) is 22.1. The van der Waals surface area contributed by atoms with E-state index in [9.17, 15) is 14.3 Å². The van der Waals surface area contributed by atoms with Crippen LogP contribution in [0.2, 0.25) is 0 Å². The zero-order valence-electron chi connectivity index (χ0n) is 29.8. The number of ether oxygens (including phenoxy) is 2. The summed E-state index contributed by atoms with van der Waals surface area (Å²) in [6, 6.07) is 0. The van der Waals surface area contributed by atoms with Crippen LogP contribution in [0, 0.1) is 0 Å². The zero-order valence-corrected chi connectivity index (χ0v) is 30.7. The highest BCUT2D eigenvalue weighted by Gasteiger charge is 2.24. The molecule has 2 unspecified atom stereocenters. The van der Waals surface area contributed by atoms with E-state index in [4.69, 9.17) is 24.3 Å². The fourth-order valence-electron chi connectivity index (χ4n) is 5.09. The van der Waals surface area contributed by atoms with Crippen LogP contribution in [-0.4, -0.2) is 43.3 Å². The van der Waals surface area contributed by atoms with E-state index in [1.807, 2.05) is 6.08 Å². The summed E-state index contributed by atoms with van der Waals surface area (Å²) >= 11 is 0. The average molecular weight is 674 g/mol. The van der Waals surface area contributed by atoms with Crippen LogP contribution in [-0.2, 0) is 27.9 Å². The quantitative estimate of drug-likeness (QED) is 0.0222. The maximum absolute atomic E-state index is 12.3. The molecule has 0 aliphatic heterocycles. The second-order valence-electron chi connectivity index (χ2n) is 12.5. The summed E-state index contributed by atoms with van der Waals surface area (Å²) in [5.41, 5.74) is 5.34. The van der Waals surface area contributed by atoms with Crippen molar-refractivity contribution in [2.45, 2.75) is 180 Å². The Morgan fingerprint density at radius 1 is 0.652 bits per heavy atom. The highest BCUT2D eigenvalue weighted by Crippen LogP contribution is 2.43. The minimum absolute atomic E-state index is 0.0634. The number of carbonyl (C=O) groups is 1. The maximum Gasteiger partial charge on any atom is 0.472 e. The Hall–Kier alpha value is -1.18. The van der Waals surface area contributed by atoms with Gasteiger partial charge in [0, 0.05) is 13.0 Å². The van der Waals surface area contributed by atoms with Crippen LogP contribution >= 0.6 is 7.82 Å². The summed E-state index contributed by atoms with van der Waals surface area (Å²) in [6.45, 7) is 4.19. The number of hydrogen-bond acceptors (Lipinski definition) is 7. The lowest BCUT2D eigenvalue weighted by Gasteiger charge is -2.19. The molecule has 9 heteroatoms. The molecule has 3 N–H and O–H groups in total. The lowest BCUT2D eigenvalue weighted by atomic mass is 10.1. The van der Waals surface area contributed by atoms with Gasteiger partial charge < -0.3 is 20.1 Å². The molecule has 0 aromatic carbocycles. The van der Waals surface area contributed by atoms with Crippen LogP contribution in [0.15, 0.2) is 24.5 Å². The van der Waals surface area contributed by atoms with E-state index in [1.165, 1.54) is 122 Å². The number of hydrogen-bond donors (Lipinski definition) is 2. The van der Waals surface area contributed by atoms with Crippen LogP contribution in [0.4, 0.5) is 0 Å². The molecule has 0 amide bonds. The molecular weight excluding hydrogens is 601 g/mol. The van der Waals surface area contributed by atoms with Gasteiger partial charge in [-0.15, -0.1) is 0 Å². The number of nitrogens with two attached hydrogens (primary N) is 1. The van der Waals surface area contributed by atoms with Crippen LogP contribution in [0.1, 0.15) is 174 Å². The van der Waals surface area contributed by atoms with Gasteiger partial charge in [-0.05, 0) is 51.0 Å². The topological polar surface area (TPSA) is 117 Å². The predicted octanol–water partition coefficient (Wildman–Crippen LogP) is 10.9. The molecule has 0 aromatic rings. The standard InChI is InChI=1S/C37H72NO7P/c1-3-5-7-9-11-13-15-16-17-18-19-21-23-25-27-29-32-42-36(35-45-46(40,41)44-33-31-38)34-43-37(39)30-28-26-24-22-20-14-12-10-8-6-4-2/h13,15,29,32,36H,3-12,14,16-28,30-31,33-35,38H2,1-2H3,(H,40,41). The number of phosphoric ester groups is 1. The van der Waals surface area contributed by atoms with Gasteiger partial charge in [0.2, 0.25) is 0 Å². The van der Waals surface area contributed by atoms with Gasteiger partial charge in [-0.25, -0.2) is 4.57 Å². The van der Waals surface area contributed by atoms with Crippen molar-refractivity contribution in [2.24, 2.45) is 5.73 Å². The van der Waals surface area contributed by atoms with E-state index < -0.39 is 13.9 Å². The lowest BCUT2D eigenvalue weighted by Crippen LogP contribution is -2.25. The number of esters is 1. The first kappa shape index (κ1) is 44.8. The van der Waals surface area contributed by atoms with Gasteiger partial charge >= 0.3 is 13.8 Å². The molecule has 0 rings (SSSR count). The van der Waals surface area contributed by atoms with Crippen molar-refractivity contribution in [2.75, 3.05) is 26.4 Å². The molecule has 0 spiro atoms. The molecule has 0 heterocycles. The minimum Gasteiger partial charge on any atom is -0.492 e. The van der Waals surface area contributed by atoms with Gasteiger partial charge in [-0.3, -0.25) is 13.8 Å². The van der Waals surface area contributed by atoms with Gasteiger partial charge in [0.05, 0.1) is 19.5 Å². The number of phosphoric acid groups is 1. The van der Waals surface area contributed by atoms with Crippen LogP contribution in [0.25, 0.3) is 0 Å². The number of carbonyl (C=O) groups excluding carboxylic acids is 1. The van der Waals surface area contributed by atoms with Crippen molar-refractivity contribution in [3.05, 3.63) is 24.5 Å². The monoisotopic (exact) mass is 674 g/mol. The molecule has 0 radical (unpaired) electrons. The Labute approximate surface area is 283 Å². The first-order valence-corrected chi connectivity index (χ1v) is 20.4. The van der Waals surface area contributed by atoms with E-state index in [1.54, 1.807) is 6.26 Å². The summed E-state index contributed by atoms with van der Waals surface area (Å²) in [5.74, 6) is -0.293. The first-order valence-electron chi connectivity index (χ1n) is 18.9. The summed E-state index contributed by atoms with van der Waals surface area (Å²) in [6.07, 6.45) is 37.2. The highest BCUT2D eigenvalue weighted by molar-refractivity contribution is 7.47. The molecule has 0 bridgehead atoms. The molecule has 8 nitrogen and oxygen atoms in total. The fourth-order valence-corrected chi connectivity index (χ4v) is 5.86. The Bertz CT molecular complexity index is 762. The molecule has 46 heavy (non-hydrogen) atoms. The van der Waals surface area contributed by atoms with Crippen molar-refractivity contribution in [3.63, 3.8) is 0 Å². The largest absolute Gasteiger partial charge is 0.492 e. The van der Waals surface area contributed by atoms with Crippen molar-refractivity contribution >= 4 is 13.8 Å². The third-order valence-corrected chi connectivity index (χ3v) is 8.94. The molecule has 0 saturated heterocycles. The van der Waals surface area contributed by atoms with Crippen molar-refractivity contribution in [3.8, 4) is 0 Å². The first-order chi connectivity index (χ1) is 22.4. The molecular formula is C37H72NO7P. The predicted molar refractivity (Wildman–Crippen MR) is 192 cm³/mol. The summed E-state index contributed by atoms with van der Waals surface area (Å²) in [5, 5.41) is 0. The third-order valence-electron chi connectivity index (χ3n) is 7.96. The maximum atomic E-state index is 12.3.